The molecule has 25 heavy (non-hydrogen) atoms. The Morgan fingerprint density at radius 2 is 1.88 bits per heavy atom. The number of hydrogen-bond acceptors (Lipinski definition) is 4. The molecule has 0 saturated heterocycles. The molecule has 1 aromatic rings. The number of nitrogens with zero attached hydrogens (tertiary/aromatic N) is 1. The van der Waals surface area contributed by atoms with Crippen molar-refractivity contribution in [2.45, 2.75) is 64.1 Å². The normalized spacial score (nSPS) is 20.5. The molecule has 7 heteroatoms. The van der Waals surface area contributed by atoms with E-state index in [0.717, 1.165) is 25.7 Å². The Labute approximate surface area is 152 Å². The van der Waals surface area contributed by atoms with Crippen LogP contribution in [0.4, 0.5) is 14.9 Å². The van der Waals surface area contributed by atoms with Crippen LogP contribution >= 0.6 is 11.6 Å². The Morgan fingerprint density at radius 3 is 2.44 bits per heavy atom. The van der Waals surface area contributed by atoms with E-state index in [0.29, 0.717) is 10.7 Å². The molecule has 0 bridgehead atoms. The second-order valence-electron chi connectivity index (χ2n) is 7.26. The van der Waals surface area contributed by atoms with E-state index in [2.05, 4.69) is 10.6 Å². The minimum Gasteiger partial charge on any atom is -0.444 e. The number of carbonyl (C=O) groups is 1. The minimum absolute atomic E-state index is 0.0687. The first kappa shape index (κ1) is 19.3. The summed E-state index contributed by atoms with van der Waals surface area (Å²) < 4.78 is 19.0. The second kappa shape index (κ2) is 7.92. The monoisotopic (exact) mass is 367 g/mol. The van der Waals surface area contributed by atoms with Gasteiger partial charge in [-0.25, -0.2) is 9.18 Å². The lowest BCUT2D eigenvalue weighted by atomic mass is 9.91. The lowest BCUT2D eigenvalue weighted by molar-refractivity contribution is 0.0492. The van der Waals surface area contributed by atoms with Crippen molar-refractivity contribution in [1.82, 2.24) is 5.32 Å². The van der Waals surface area contributed by atoms with Crippen LogP contribution < -0.4 is 10.6 Å². The highest BCUT2D eigenvalue weighted by atomic mass is 35.5. The van der Waals surface area contributed by atoms with Crippen molar-refractivity contribution in [2.24, 2.45) is 0 Å². The zero-order chi connectivity index (χ0) is 18.6. The van der Waals surface area contributed by atoms with Gasteiger partial charge in [-0.3, -0.25) is 0 Å². The Hall–Kier alpha value is -2.00. The molecule has 0 atom stereocenters. The quantitative estimate of drug-likeness (QED) is 0.818. The van der Waals surface area contributed by atoms with Gasteiger partial charge in [0.1, 0.15) is 17.5 Å². The average molecular weight is 368 g/mol. The third-order valence-electron chi connectivity index (χ3n) is 3.98. The SMILES string of the molecule is CC(C)(C)OC(=O)N[C@H]1CC[C@H](Nc2cc(F)c(C#N)cc2Cl)CC1. The van der Waals surface area contributed by atoms with Crippen LogP contribution in [0.5, 0.6) is 0 Å². The number of rotatable bonds is 3. The molecule has 5 nitrogen and oxygen atoms in total. The molecule has 0 spiro atoms. The predicted octanol–water partition coefficient (Wildman–Crippen LogP) is 4.60. The van der Waals surface area contributed by atoms with Gasteiger partial charge in [0.2, 0.25) is 0 Å². The topological polar surface area (TPSA) is 74.2 Å². The summed E-state index contributed by atoms with van der Waals surface area (Å²) in [6, 6.07) is 4.56. The molecule has 136 valence electrons. The van der Waals surface area contributed by atoms with Crippen molar-refractivity contribution in [3.63, 3.8) is 0 Å². The number of nitriles is 1. The van der Waals surface area contributed by atoms with Crippen LogP contribution in [0.25, 0.3) is 0 Å². The van der Waals surface area contributed by atoms with E-state index in [1.807, 2.05) is 20.8 Å². The molecule has 2 N–H and O–H groups in total. The minimum atomic E-state index is -0.588. The summed E-state index contributed by atoms with van der Waals surface area (Å²) in [5.41, 5.74) is -0.0956. The molecule has 0 aromatic heterocycles. The van der Waals surface area contributed by atoms with Gasteiger partial charge in [-0.15, -0.1) is 0 Å². The van der Waals surface area contributed by atoms with Gasteiger partial charge in [-0.05, 0) is 58.6 Å². The first-order valence-corrected chi connectivity index (χ1v) is 8.71. The van der Waals surface area contributed by atoms with Crippen LogP contribution in [0.15, 0.2) is 12.1 Å². The molecule has 1 aliphatic carbocycles. The molecular weight excluding hydrogens is 345 g/mol. The molecule has 0 heterocycles. The first-order valence-electron chi connectivity index (χ1n) is 8.33. The smallest absolute Gasteiger partial charge is 0.407 e. The summed E-state index contributed by atoms with van der Waals surface area (Å²) in [6.45, 7) is 5.48. The van der Waals surface area contributed by atoms with E-state index in [1.165, 1.54) is 12.1 Å². The lowest BCUT2D eigenvalue weighted by Crippen LogP contribution is -2.42. The Balaban J connectivity index is 1.86. The van der Waals surface area contributed by atoms with Crippen LogP contribution in [0.3, 0.4) is 0 Å². The summed E-state index contributed by atoms with van der Waals surface area (Å²) in [4.78, 5) is 11.8. The van der Waals surface area contributed by atoms with Crippen LogP contribution in [0.1, 0.15) is 52.0 Å². The van der Waals surface area contributed by atoms with Crippen molar-refractivity contribution in [3.05, 3.63) is 28.5 Å². The molecular formula is C18H23ClFN3O2. The van der Waals surface area contributed by atoms with E-state index in [-0.39, 0.29) is 17.6 Å². The first-order chi connectivity index (χ1) is 11.7. The number of nitrogens with one attached hydrogen (secondary N) is 2. The van der Waals surface area contributed by atoms with Crippen molar-refractivity contribution in [2.75, 3.05) is 5.32 Å². The fraction of sp³-hybridized carbons (Fsp3) is 0.556. The molecule has 0 aliphatic heterocycles. The van der Waals surface area contributed by atoms with Crippen LogP contribution in [-0.2, 0) is 4.74 Å². The van der Waals surface area contributed by atoms with Crippen molar-refractivity contribution in [3.8, 4) is 6.07 Å². The van der Waals surface area contributed by atoms with Gasteiger partial charge in [-0.1, -0.05) is 11.6 Å². The number of halogens is 2. The molecule has 1 amide bonds. The zero-order valence-electron chi connectivity index (χ0n) is 14.7. The van der Waals surface area contributed by atoms with E-state index < -0.39 is 17.5 Å². The van der Waals surface area contributed by atoms with Crippen molar-refractivity contribution >= 4 is 23.4 Å². The summed E-state index contributed by atoms with van der Waals surface area (Å²) in [5.74, 6) is -0.588. The number of benzene rings is 1. The molecule has 2 rings (SSSR count). The van der Waals surface area contributed by atoms with Gasteiger partial charge < -0.3 is 15.4 Å². The predicted molar refractivity (Wildman–Crippen MR) is 95.2 cm³/mol. The fourth-order valence-electron chi connectivity index (χ4n) is 2.82. The largest absolute Gasteiger partial charge is 0.444 e. The molecule has 1 fully saturated rings. The molecule has 1 saturated carbocycles. The number of alkyl carbamates (subject to hydrolysis) is 1. The van der Waals surface area contributed by atoms with Crippen LogP contribution in [-0.4, -0.2) is 23.8 Å². The Kier molecular flexibility index (Phi) is 6.12. The van der Waals surface area contributed by atoms with Crippen molar-refractivity contribution < 1.29 is 13.9 Å². The van der Waals surface area contributed by atoms with Gasteiger partial charge in [0.05, 0.1) is 16.3 Å². The number of amides is 1. The molecule has 0 unspecified atom stereocenters. The van der Waals surface area contributed by atoms with Gasteiger partial charge in [0.15, 0.2) is 0 Å². The van der Waals surface area contributed by atoms with Gasteiger partial charge in [0.25, 0.3) is 0 Å². The van der Waals surface area contributed by atoms with E-state index in [9.17, 15) is 9.18 Å². The maximum Gasteiger partial charge on any atom is 0.407 e. The third kappa shape index (κ3) is 5.79. The highest BCUT2D eigenvalue weighted by molar-refractivity contribution is 6.33. The highest BCUT2D eigenvalue weighted by Gasteiger charge is 2.25. The molecule has 1 aromatic carbocycles. The van der Waals surface area contributed by atoms with E-state index in [1.54, 1.807) is 6.07 Å². The fourth-order valence-corrected chi connectivity index (χ4v) is 3.04. The highest BCUT2D eigenvalue weighted by Crippen LogP contribution is 2.29. The number of ether oxygens (including phenoxy) is 1. The Bertz CT molecular complexity index is 674. The van der Waals surface area contributed by atoms with Crippen molar-refractivity contribution in [1.29, 1.82) is 5.26 Å². The number of hydrogen-bond donors (Lipinski definition) is 2. The zero-order valence-corrected chi connectivity index (χ0v) is 15.4. The summed E-state index contributed by atoms with van der Waals surface area (Å²) in [6.07, 6.45) is 2.83. The van der Waals surface area contributed by atoms with Gasteiger partial charge >= 0.3 is 6.09 Å². The van der Waals surface area contributed by atoms with E-state index in [4.69, 9.17) is 21.6 Å². The Morgan fingerprint density at radius 1 is 1.28 bits per heavy atom. The van der Waals surface area contributed by atoms with E-state index >= 15 is 0 Å². The van der Waals surface area contributed by atoms with Crippen LogP contribution in [0.2, 0.25) is 5.02 Å². The maximum absolute atomic E-state index is 13.7. The summed E-state index contributed by atoms with van der Waals surface area (Å²) >= 11 is 6.10. The second-order valence-corrected chi connectivity index (χ2v) is 7.67. The number of anilines is 1. The molecule has 1 aliphatic rings. The number of carbonyl (C=O) groups excluding carboxylic acids is 1. The summed E-state index contributed by atoms with van der Waals surface area (Å²) in [5, 5.41) is 15.3. The molecule has 0 radical (unpaired) electrons. The average Bonchev–Trinajstić information content (AvgIpc) is 2.50. The lowest BCUT2D eigenvalue weighted by Gasteiger charge is -2.31. The maximum atomic E-state index is 13.7. The third-order valence-corrected chi connectivity index (χ3v) is 4.30. The summed E-state index contributed by atoms with van der Waals surface area (Å²) in [7, 11) is 0. The standard InChI is InChI=1S/C18H23ClFN3O2/c1-18(2,3)25-17(24)23-13-6-4-12(5-7-13)22-16-9-15(20)11(10-21)8-14(16)19/h8-9,12-13,22H,4-7H2,1-3H3,(H,23,24)/t12-,13-. The van der Waals surface area contributed by atoms with Crippen LogP contribution in [0, 0.1) is 17.1 Å². The van der Waals surface area contributed by atoms with Gasteiger partial charge in [-0.2, -0.15) is 5.26 Å². The van der Waals surface area contributed by atoms with Gasteiger partial charge in [0, 0.05) is 12.1 Å².